The molecule has 0 radical (unpaired) electrons. The molecule has 420 valence electrons. The van der Waals surface area contributed by atoms with E-state index in [2.05, 4.69) is 141 Å². The summed E-state index contributed by atoms with van der Waals surface area (Å²) in [6.45, 7) is 18.3. The average molecular weight is 1100 g/mol. The van der Waals surface area contributed by atoms with Crippen LogP contribution in [0.25, 0.3) is 6.08 Å². The second kappa shape index (κ2) is 34.2. The van der Waals surface area contributed by atoms with Crippen LogP contribution in [0, 0.1) is 13.8 Å². The van der Waals surface area contributed by atoms with Crippen molar-refractivity contribution in [2.24, 2.45) is 0 Å². The summed E-state index contributed by atoms with van der Waals surface area (Å²) in [5.41, 5.74) is 10.0. The van der Waals surface area contributed by atoms with Gasteiger partial charge >= 0.3 is 29.1 Å². The molecule has 18 heteroatoms. The van der Waals surface area contributed by atoms with Gasteiger partial charge in [-0.2, -0.15) is 0 Å². The van der Waals surface area contributed by atoms with Gasteiger partial charge in [0.1, 0.15) is 20.4 Å². The zero-order chi connectivity index (χ0) is 52.9. The van der Waals surface area contributed by atoms with E-state index in [1.807, 2.05) is 0 Å². The molecule has 3 fully saturated rings. The topological polar surface area (TPSA) is 95.1 Å². The van der Waals surface area contributed by atoms with E-state index in [0.29, 0.717) is 85.9 Å². The fourth-order valence-corrected chi connectivity index (χ4v) is 10.8. The summed E-state index contributed by atoms with van der Waals surface area (Å²) in [5.74, 6) is 0.896. The van der Waals surface area contributed by atoms with Crippen LogP contribution in [-0.4, -0.2) is 112 Å². The van der Waals surface area contributed by atoms with Gasteiger partial charge in [0, 0.05) is 13.1 Å². The quantitative estimate of drug-likeness (QED) is 0.0940. The van der Waals surface area contributed by atoms with Gasteiger partial charge in [-0.15, -0.1) is 0 Å². The maximum absolute atomic E-state index is 9.84. The Kier molecular flexibility index (Phi) is 29.1. The summed E-state index contributed by atoms with van der Waals surface area (Å²) in [6, 6.07) is 34.6. The number of halogens is 6. The van der Waals surface area contributed by atoms with E-state index in [9.17, 15) is 21.0 Å². The van der Waals surface area contributed by atoms with Crippen LogP contribution in [0.4, 0.5) is 25.7 Å². The Balaban J connectivity index is 0.000000291. The Hall–Kier alpha value is -3.71. The van der Waals surface area contributed by atoms with Gasteiger partial charge in [0.2, 0.25) is 0 Å². The van der Waals surface area contributed by atoms with Gasteiger partial charge in [0.25, 0.3) is 0 Å². The third kappa shape index (κ3) is 28.5. The first-order valence-electron chi connectivity index (χ1n) is 26.3. The predicted molar refractivity (Wildman–Crippen MR) is 290 cm³/mol. The fraction of sp³-hybridized carbons (Fsp3) is 0.544. The van der Waals surface area contributed by atoms with Crippen molar-refractivity contribution in [3.63, 3.8) is 0 Å². The van der Waals surface area contributed by atoms with E-state index >= 15 is 0 Å². The van der Waals surface area contributed by atoms with Crippen LogP contribution in [0.2, 0.25) is 13.1 Å². The number of benzene rings is 4. The van der Waals surface area contributed by atoms with Gasteiger partial charge in [-0.05, 0) is 73.9 Å². The summed E-state index contributed by atoms with van der Waals surface area (Å²) in [4.78, 5) is 0. The van der Waals surface area contributed by atoms with Gasteiger partial charge < -0.3 is 47.9 Å². The van der Waals surface area contributed by atoms with Gasteiger partial charge in [-0.1, -0.05) is 152 Å². The molecule has 4 aromatic rings. The van der Waals surface area contributed by atoms with Gasteiger partial charge in [-0.3, -0.25) is 4.70 Å². The molecule has 4 unspecified atom stereocenters. The van der Waals surface area contributed by atoms with E-state index in [4.69, 9.17) is 42.6 Å². The first-order valence-corrected chi connectivity index (χ1v) is 31.0. The molecule has 0 bridgehead atoms. The SMILES string of the molecule is C1CCC2OCCOCCOCCOC3CCCCC3OCCOCCOCCOC2C1.Cc1cc(C)cc(CNCc2ccc(OCc3ccc(/C=C/[Si](C)(C)c4ccccc4)cc3)cc2)c1.F.FP(F)(F)(F)F. The Morgan fingerprint density at radius 3 is 1.33 bits per heavy atom. The molecular formula is C57H82F6NO9PSi. The maximum atomic E-state index is 9.84. The van der Waals surface area contributed by atoms with E-state index in [0.717, 1.165) is 44.5 Å². The molecule has 4 atom stereocenters. The molecule has 0 spiro atoms. The predicted octanol–water partition coefficient (Wildman–Crippen LogP) is 13.2. The molecule has 0 amide bonds. The summed E-state index contributed by atoms with van der Waals surface area (Å²) in [7, 11) is -10.1. The van der Waals surface area contributed by atoms with Crippen LogP contribution < -0.4 is 15.2 Å². The van der Waals surface area contributed by atoms with E-state index in [-0.39, 0.29) is 29.1 Å². The number of hydrogen-bond donors (Lipinski definition) is 1. The van der Waals surface area contributed by atoms with Crippen LogP contribution in [0.15, 0.2) is 103 Å². The number of ether oxygens (including phenoxy) is 9. The first kappa shape index (κ1) is 63.8. The van der Waals surface area contributed by atoms with Gasteiger partial charge in [0.05, 0.1) is 104 Å². The number of rotatable bonds is 10. The van der Waals surface area contributed by atoms with E-state index in [1.165, 1.54) is 64.3 Å². The number of nitrogens with one attached hydrogen (secondary N) is 1. The number of fused-ring (bicyclic) bond motifs is 2. The molecule has 4 aromatic carbocycles. The van der Waals surface area contributed by atoms with Gasteiger partial charge in [-0.25, -0.2) is 0 Å². The molecule has 1 heterocycles. The molecule has 7 rings (SSSR count). The van der Waals surface area contributed by atoms with Crippen molar-refractivity contribution in [3.8, 4) is 5.75 Å². The van der Waals surface area contributed by atoms with Crippen LogP contribution in [0.1, 0.15) is 84.7 Å². The van der Waals surface area contributed by atoms with Crippen molar-refractivity contribution in [1.29, 1.82) is 0 Å². The van der Waals surface area contributed by atoms with Crippen molar-refractivity contribution in [1.82, 2.24) is 5.32 Å². The van der Waals surface area contributed by atoms with Crippen molar-refractivity contribution in [2.75, 3.05) is 79.3 Å². The molecule has 1 aliphatic heterocycles. The molecule has 10 nitrogen and oxygen atoms in total. The minimum absolute atomic E-state index is 0. The fourth-order valence-electron chi connectivity index (χ4n) is 8.95. The zero-order valence-corrected chi connectivity index (χ0v) is 46.3. The normalized spacial score (nSPS) is 21.9. The number of aryl methyl sites for hydroxylation is 2. The van der Waals surface area contributed by atoms with Gasteiger partial charge in [0.15, 0.2) is 0 Å². The van der Waals surface area contributed by atoms with E-state index < -0.39 is 16.2 Å². The average Bonchev–Trinajstić information content (AvgIpc) is 3.37. The molecule has 75 heavy (non-hydrogen) atoms. The molecule has 1 saturated heterocycles. The molecule has 0 aromatic heterocycles. The molecule has 1 N–H and O–H groups in total. The van der Waals surface area contributed by atoms with Crippen LogP contribution in [0.3, 0.4) is 0 Å². The van der Waals surface area contributed by atoms with Crippen molar-refractivity contribution in [2.45, 2.75) is 122 Å². The minimum atomic E-state index is -8.55. The van der Waals surface area contributed by atoms with E-state index in [1.54, 1.807) is 0 Å². The van der Waals surface area contributed by atoms with Crippen LogP contribution in [-0.2, 0) is 57.6 Å². The second-order valence-electron chi connectivity index (χ2n) is 19.5. The number of hydrogen-bond acceptors (Lipinski definition) is 10. The third-order valence-electron chi connectivity index (χ3n) is 12.7. The Morgan fingerprint density at radius 2 is 0.907 bits per heavy atom. The molecular weight excluding hydrogens is 1020 g/mol. The zero-order valence-electron chi connectivity index (χ0n) is 44.4. The Morgan fingerprint density at radius 1 is 0.520 bits per heavy atom. The van der Waals surface area contributed by atoms with Crippen molar-refractivity contribution < 1.29 is 68.3 Å². The summed E-state index contributed by atoms with van der Waals surface area (Å²) < 4.78 is 102. The molecule has 3 aliphatic rings. The Bertz CT molecular complexity index is 2060. The van der Waals surface area contributed by atoms with Crippen molar-refractivity contribution >= 4 is 27.5 Å². The van der Waals surface area contributed by atoms with Crippen molar-refractivity contribution in [3.05, 3.63) is 136 Å². The second-order valence-corrected chi connectivity index (χ2v) is 25.1. The summed E-state index contributed by atoms with van der Waals surface area (Å²) in [6.07, 6.45) is 11.8. The monoisotopic (exact) mass is 1100 g/mol. The molecule has 2 aliphatic carbocycles. The summed E-state index contributed by atoms with van der Waals surface area (Å²) in [5, 5.41) is 4.99. The first-order chi connectivity index (χ1) is 35.5. The standard InChI is InChI=1S/C33H37NOSi.C24H44O8.F5P.FH/c1-26-20-27(2)22-31(21-26)24-34-23-29-14-16-32(17-15-29)35-25-30-12-10-28(11-13-30)18-19-36(3,4)33-8-6-5-7-9-33;1-2-6-22-21(5-1)29-17-13-25-9-10-27-15-19-31-23-7-3-4-8-24(23)32-20-16-28-12-11-26-14-18-30-22;1-6(2,3,4)5;/h5-22,34H,23-25H2,1-4H3;21-24H,1-20H2;;1H/b19-18+;;;. The Labute approximate surface area is 443 Å². The third-order valence-corrected chi connectivity index (χ3v) is 15.5. The van der Waals surface area contributed by atoms with Crippen LogP contribution in [0.5, 0.6) is 5.75 Å². The summed E-state index contributed by atoms with van der Waals surface area (Å²) >= 11 is 0. The molecule has 2 saturated carbocycles. The van der Waals surface area contributed by atoms with Crippen LogP contribution >= 0.6 is 8.16 Å².